The van der Waals surface area contributed by atoms with Crippen molar-refractivity contribution in [3.8, 4) is 17.2 Å². The fraction of sp³-hybridized carbons (Fsp3) is 0.417. The van der Waals surface area contributed by atoms with Gasteiger partial charge in [-0.05, 0) is 113 Å². The first-order valence-corrected chi connectivity index (χ1v) is 24.1. The Morgan fingerprint density at radius 1 is 0.461 bits per heavy atom. The number of rotatable bonds is 31. The molecule has 76 heavy (non-hydrogen) atoms. The summed E-state index contributed by atoms with van der Waals surface area (Å²) in [7, 11) is 4.06. The Labute approximate surface area is 440 Å². The summed E-state index contributed by atoms with van der Waals surface area (Å²) in [4.78, 5) is 82.6. The van der Waals surface area contributed by atoms with E-state index in [0.717, 1.165) is 0 Å². The molecule has 0 bridgehead atoms. The fourth-order valence-corrected chi connectivity index (χ4v) is 7.33. The summed E-state index contributed by atoms with van der Waals surface area (Å²) in [5, 5.41) is 56.8. The van der Waals surface area contributed by atoms with Gasteiger partial charge in [0.15, 0.2) is 23.8 Å². The van der Waals surface area contributed by atoms with Gasteiger partial charge in [0.2, 0.25) is 17.7 Å². The number of hydrogen-bond donors (Lipinski definition) is 19. The third-order valence-electron chi connectivity index (χ3n) is 11.2. The number of nitrogens with two attached hydrogens (primary N) is 5. The topological polar surface area (TPSA) is 476 Å². The number of carbonyl (C=O) groups excluding carboxylic acids is 6. The molecule has 6 amide bonds. The molecule has 0 heterocycles. The molecule has 0 saturated carbocycles. The van der Waals surface area contributed by atoms with Crippen molar-refractivity contribution >= 4 is 76.3 Å². The fourth-order valence-electron chi connectivity index (χ4n) is 7.33. The number of guanidine groups is 4. The molecule has 24 N–H and O–H groups in total. The van der Waals surface area contributed by atoms with Gasteiger partial charge in [-0.25, -0.2) is 0 Å². The van der Waals surface area contributed by atoms with Gasteiger partial charge in [0.25, 0.3) is 17.7 Å². The van der Waals surface area contributed by atoms with Crippen LogP contribution < -0.4 is 96.0 Å². The number of anilines is 3. The second kappa shape index (κ2) is 31.5. The minimum atomic E-state index is -1.23. The highest BCUT2D eigenvalue weighted by atomic mass is 16.5. The predicted octanol–water partition coefficient (Wildman–Crippen LogP) is -0.376. The Morgan fingerprint density at radius 2 is 0.763 bits per heavy atom. The van der Waals surface area contributed by atoms with E-state index in [1.54, 1.807) is 0 Å². The molecule has 0 aliphatic heterocycles. The van der Waals surface area contributed by atoms with Gasteiger partial charge in [0.1, 0.15) is 29.3 Å². The Morgan fingerprint density at radius 3 is 1.09 bits per heavy atom. The van der Waals surface area contributed by atoms with Crippen LogP contribution in [0.3, 0.4) is 0 Å². The molecule has 0 radical (unpaired) electrons. The normalized spacial score (nSPS) is 12.1. The van der Waals surface area contributed by atoms with E-state index in [-0.39, 0.29) is 126 Å². The molecular formula is C48H73N19O9. The summed E-state index contributed by atoms with van der Waals surface area (Å²) in [6.45, 7) is 2.97. The minimum Gasteiger partial charge on any atom is -0.496 e. The molecule has 0 aliphatic carbocycles. The molecular weight excluding hydrogens is 987 g/mol. The van der Waals surface area contributed by atoms with E-state index in [4.69, 9.17) is 64.5 Å². The van der Waals surface area contributed by atoms with Crippen LogP contribution in [0.1, 0.15) is 89.4 Å². The van der Waals surface area contributed by atoms with Crippen LogP contribution in [-0.2, 0) is 14.4 Å². The second-order valence-electron chi connectivity index (χ2n) is 17.2. The Bertz CT molecular complexity index is 2550. The number of amides is 6. The van der Waals surface area contributed by atoms with Crippen molar-refractivity contribution in [3.05, 3.63) is 71.3 Å². The lowest BCUT2D eigenvalue weighted by atomic mass is 10.1. The lowest BCUT2D eigenvalue weighted by Gasteiger charge is -2.21. The van der Waals surface area contributed by atoms with Crippen LogP contribution >= 0.6 is 0 Å². The zero-order valence-corrected chi connectivity index (χ0v) is 43.1. The largest absolute Gasteiger partial charge is 0.496 e. The molecule has 0 unspecified atom stereocenters. The van der Waals surface area contributed by atoms with Crippen LogP contribution in [0.25, 0.3) is 0 Å². The molecule has 3 aromatic rings. The number of benzene rings is 3. The monoisotopic (exact) mass is 1060 g/mol. The van der Waals surface area contributed by atoms with Gasteiger partial charge in [0, 0.05) is 49.3 Å². The molecule has 4 atom stereocenters. The molecule has 0 aromatic heterocycles. The zero-order chi connectivity index (χ0) is 56.3. The minimum absolute atomic E-state index is 0.0310. The average molecular weight is 1060 g/mol. The van der Waals surface area contributed by atoms with Crippen molar-refractivity contribution in [3.63, 3.8) is 0 Å². The lowest BCUT2D eigenvalue weighted by Crippen LogP contribution is -2.45. The van der Waals surface area contributed by atoms with E-state index in [2.05, 4.69) is 53.2 Å². The van der Waals surface area contributed by atoms with E-state index in [9.17, 15) is 28.8 Å². The zero-order valence-electron chi connectivity index (χ0n) is 43.1. The van der Waals surface area contributed by atoms with Gasteiger partial charge in [-0.1, -0.05) is 0 Å². The highest BCUT2D eigenvalue weighted by molar-refractivity contribution is 6.06. The van der Waals surface area contributed by atoms with Crippen LogP contribution in [0.15, 0.2) is 54.6 Å². The van der Waals surface area contributed by atoms with Crippen LogP contribution in [0.4, 0.5) is 17.1 Å². The third-order valence-corrected chi connectivity index (χ3v) is 11.2. The van der Waals surface area contributed by atoms with Crippen LogP contribution in [0, 0.1) is 21.6 Å². The number of hydrogen-bond acceptors (Lipinski definition) is 14. The van der Waals surface area contributed by atoms with Crippen molar-refractivity contribution in [1.82, 2.24) is 37.2 Å². The van der Waals surface area contributed by atoms with Gasteiger partial charge in [0.05, 0.1) is 44.1 Å². The van der Waals surface area contributed by atoms with E-state index in [1.165, 1.54) is 75.9 Å². The predicted molar refractivity (Wildman–Crippen MR) is 289 cm³/mol. The quantitative estimate of drug-likeness (QED) is 0.0222. The number of methoxy groups -OCH3 is 3. The molecule has 0 aliphatic rings. The summed E-state index contributed by atoms with van der Waals surface area (Å²) < 4.78 is 16.4. The maximum Gasteiger partial charge on any atom is 0.255 e. The first-order valence-electron chi connectivity index (χ1n) is 24.1. The standard InChI is InChI=1S/C48H73N19O9/c1-26(9-5-19-58-45(50)51)62-39(68)30-24-28(14-17-36(30)74-2)64-43(72)34(11-7-21-60-47(54)55)67-41(70)32-25-29(15-18-38(32)76-4)65-44(73)35(12-8-22-61-48(56)57)66-40(69)31-23-27(13-16-37(31)75-3)63-42(71)33(49)10-6-20-59-46(52)53/h13-18,23-26,33-35H,5-12,19-22,49H2,1-4H3,(H,62,68)(H,63,71)(H,64,72)(H,65,73)(H,66,69)(H,67,70)(H4,50,51,58)(H4,52,53,59)(H4,54,55,60)(H4,56,57,61)/t26-,33+,34+,35+/m0/s1. The SMILES string of the molecule is COc1ccc(NC(=O)[C@@H](CCCNC(=N)N)NC(=O)c2cc(NC(=O)[C@@H](CCCNC(=N)N)NC(=O)c3cc(NC(=O)[C@H](N)CCCNC(=N)N)ccc3OC)ccc2OC)cc1C(=O)N[C@@H](C)CCCNC(=N)N. The van der Waals surface area contributed by atoms with Gasteiger partial charge >= 0.3 is 0 Å². The maximum atomic E-state index is 14.2. The highest BCUT2D eigenvalue weighted by Gasteiger charge is 2.27. The molecule has 28 heteroatoms. The molecule has 28 nitrogen and oxygen atoms in total. The van der Waals surface area contributed by atoms with E-state index in [0.29, 0.717) is 32.4 Å². The second-order valence-corrected chi connectivity index (χ2v) is 17.2. The summed E-state index contributed by atoms with van der Waals surface area (Å²) in [6.07, 6.45) is 2.50. The number of ether oxygens (including phenoxy) is 3. The van der Waals surface area contributed by atoms with Gasteiger partial charge < -0.3 is 96.0 Å². The van der Waals surface area contributed by atoms with Crippen molar-refractivity contribution < 1.29 is 43.0 Å². The number of nitrogens with one attached hydrogen (secondary N) is 14. The molecule has 0 saturated heterocycles. The molecule has 0 spiro atoms. The first-order chi connectivity index (χ1) is 36.1. The molecule has 414 valence electrons. The summed E-state index contributed by atoms with van der Waals surface area (Å²) in [6, 6.07) is 9.37. The molecule has 3 aromatic carbocycles. The first kappa shape index (κ1) is 61.2. The van der Waals surface area contributed by atoms with E-state index < -0.39 is 53.6 Å². The Hall–Kier alpha value is -9.08. The van der Waals surface area contributed by atoms with Crippen molar-refractivity contribution in [1.29, 1.82) is 21.6 Å². The van der Waals surface area contributed by atoms with Gasteiger partial charge in [-0.15, -0.1) is 0 Å². The summed E-state index contributed by atoms with van der Waals surface area (Å²) in [5.74, 6) is -4.42. The Balaban J connectivity index is 1.87. The summed E-state index contributed by atoms with van der Waals surface area (Å²) in [5.41, 5.74) is 28.2. The van der Waals surface area contributed by atoms with Gasteiger partial charge in [-0.2, -0.15) is 0 Å². The summed E-state index contributed by atoms with van der Waals surface area (Å²) >= 11 is 0. The van der Waals surface area contributed by atoms with Crippen LogP contribution in [0.2, 0.25) is 0 Å². The van der Waals surface area contributed by atoms with Crippen LogP contribution in [0.5, 0.6) is 17.2 Å². The lowest BCUT2D eigenvalue weighted by molar-refractivity contribution is -0.118. The molecule has 3 rings (SSSR count). The van der Waals surface area contributed by atoms with Crippen molar-refractivity contribution in [2.24, 2.45) is 28.7 Å². The average Bonchev–Trinajstić information content (AvgIpc) is 3.37. The van der Waals surface area contributed by atoms with Crippen LogP contribution in [-0.4, -0.2) is 131 Å². The Kier molecular flexibility index (Phi) is 25.4. The smallest absolute Gasteiger partial charge is 0.255 e. The van der Waals surface area contributed by atoms with Crippen molar-refractivity contribution in [2.75, 3.05) is 63.5 Å². The molecule has 0 fully saturated rings. The third kappa shape index (κ3) is 21.2. The number of carbonyl (C=O) groups is 6. The van der Waals surface area contributed by atoms with E-state index in [1.807, 2.05) is 6.92 Å². The van der Waals surface area contributed by atoms with Gasteiger partial charge in [-0.3, -0.25) is 50.4 Å². The van der Waals surface area contributed by atoms with Crippen molar-refractivity contribution in [2.45, 2.75) is 82.5 Å². The highest BCUT2D eigenvalue weighted by Crippen LogP contribution is 2.27. The van der Waals surface area contributed by atoms with E-state index >= 15 is 0 Å². The maximum absolute atomic E-state index is 14.2.